The van der Waals surface area contributed by atoms with Gasteiger partial charge in [-0.15, -0.1) is 0 Å². The third-order valence-electron chi connectivity index (χ3n) is 3.33. The topological polar surface area (TPSA) is 42.2 Å². The van der Waals surface area contributed by atoms with Crippen LogP contribution in [0.4, 0.5) is 0 Å². The molecule has 0 saturated heterocycles. The molecule has 0 amide bonds. The Morgan fingerprint density at radius 1 is 1.00 bits per heavy atom. The van der Waals surface area contributed by atoms with E-state index in [1.54, 1.807) is 29.8 Å². The molecule has 3 nitrogen and oxygen atoms in total. The molecule has 0 aliphatic heterocycles. The van der Waals surface area contributed by atoms with Crippen molar-refractivity contribution in [2.75, 3.05) is 0 Å². The lowest BCUT2D eigenvalue weighted by Gasteiger charge is -2.11. The van der Waals surface area contributed by atoms with Crippen molar-refractivity contribution in [3.63, 3.8) is 0 Å². The van der Waals surface area contributed by atoms with Gasteiger partial charge in [-0.3, -0.25) is 4.79 Å². The molecule has 0 aliphatic rings. The van der Waals surface area contributed by atoms with Gasteiger partial charge in [-0.25, -0.2) is 0 Å². The average Bonchev–Trinajstić information content (AvgIpc) is 2.44. The second kappa shape index (κ2) is 4.28. The molecule has 0 spiro atoms. The summed E-state index contributed by atoms with van der Waals surface area (Å²) in [6, 6.07) is 16.4. The molecular weight excluding hydrogens is 238 g/mol. The predicted molar refractivity (Wildman–Crippen MR) is 76.3 cm³/mol. The number of phenols is 1. The molecule has 0 unspecified atom stereocenters. The standard InChI is InChI=1S/C16H13NO2/c1-17-14(13-8-4-5-9-15(13)18)10-11-6-2-3-7-12(11)16(17)19/h2-10,18H,1H3. The lowest BCUT2D eigenvalue weighted by molar-refractivity contribution is 0.477. The van der Waals surface area contributed by atoms with Crippen molar-refractivity contribution < 1.29 is 5.11 Å². The van der Waals surface area contributed by atoms with Gasteiger partial charge in [0.2, 0.25) is 0 Å². The van der Waals surface area contributed by atoms with Crippen molar-refractivity contribution in [1.82, 2.24) is 4.57 Å². The maximum atomic E-state index is 12.3. The number of para-hydroxylation sites is 1. The second-order valence-corrected chi connectivity index (χ2v) is 4.50. The van der Waals surface area contributed by atoms with E-state index in [1.165, 1.54) is 0 Å². The SMILES string of the molecule is Cn1c(-c2ccccc2O)cc2ccccc2c1=O. The highest BCUT2D eigenvalue weighted by Gasteiger charge is 2.10. The number of rotatable bonds is 1. The Bertz CT molecular complexity index is 818. The number of phenolic OH excluding ortho intramolecular Hbond substituents is 1. The molecule has 1 aromatic heterocycles. The number of pyridine rings is 1. The van der Waals surface area contributed by atoms with E-state index in [1.807, 2.05) is 36.4 Å². The van der Waals surface area contributed by atoms with Crippen molar-refractivity contribution in [3.05, 3.63) is 65.0 Å². The maximum Gasteiger partial charge on any atom is 0.258 e. The van der Waals surface area contributed by atoms with E-state index < -0.39 is 0 Å². The van der Waals surface area contributed by atoms with E-state index in [-0.39, 0.29) is 11.3 Å². The van der Waals surface area contributed by atoms with Gasteiger partial charge in [0, 0.05) is 18.0 Å². The maximum absolute atomic E-state index is 12.3. The molecule has 1 heterocycles. The summed E-state index contributed by atoms with van der Waals surface area (Å²) in [7, 11) is 1.72. The monoisotopic (exact) mass is 251 g/mol. The largest absolute Gasteiger partial charge is 0.507 e. The molecular formula is C16H13NO2. The van der Waals surface area contributed by atoms with Crippen LogP contribution in [0.3, 0.4) is 0 Å². The molecule has 1 N–H and O–H groups in total. The lowest BCUT2D eigenvalue weighted by Crippen LogP contribution is -2.18. The highest BCUT2D eigenvalue weighted by atomic mass is 16.3. The van der Waals surface area contributed by atoms with Gasteiger partial charge in [-0.1, -0.05) is 30.3 Å². The fourth-order valence-electron chi connectivity index (χ4n) is 2.30. The fourth-order valence-corrected chi connectivity index (χ4v) is 2.30. The van der Waals surface area contributed by atoms with Gasteiger partial charge < -0.3 is 9.67 Å². The zero-order valence-electron chi connectivity index (χ0n) is 10.5. The Kier molecular flexibility index (Phi) is 2.60. The number of aromatic hydroxyl groups is 1. The fraction of sp³-hybridized carbons (Fsp3) is 0.0625. The summed E-state index contributed by atoms with van der Waals surface area (Å²) in [4.78, 5) is 12.3. The van der Waals surface area contributed by atoms with Gasteiger partial charge in [-0.05, 0) is 29.7 Å². The Labute approximate surface area is 110 Å². The Morgan fingerprint density at radius 2 is 1.68 bits per heavy atom. The van der Waals surface area contributed by atoms with Crippen molar-refractivity contribution in [1.29, 1.82) is 0 Å². The van der Waals surface area contributed by atoms with Crippen LogP contribution in [0.2, 0.25) is 0 Å². The Morgan fingerprint density at radius 3 is 2.47 bits per heavy atom. The minimum absolute atomic E-state index is 0.0589. The molecule has 3 aromatic rings. The van der Waals surface area contributed by atoms with E-state index >= 15 is 0 Å². The van der Waals surface area contributed by atoms with Crippen LogP contribution in [0.15, 0.2) is 59.4 Å². The second-order valence-electron chi connectivity index (χ2n) is 4.50. The van der Waals surface area contributed by atoms with Crippen molar-refractivity contribution in [3.8, 4) is 17.0 Å². The summed E-state index contributed by atoms with van der Waals surface area (Å²) in [5, 5.41) is 11.5. The summed E-state index contributed by atoms with van der Waals surface area (Å²) in [6.45, 7) is 0. The highest BCUT2D eigenvalue weighted by molar-refractivity contribution is 5.86. The van der Waals surface area contributed by atoms with Crippen LogP contribution >= 0.6 is 0 Å². The third-order valence-corrected chi connectivity index (χ3v) is 3.33. The molecule has 0 aliphatic carbocycles. The molecule has 0 saturated carbocycles. The zero-order valence-corrected chi connectivity index (χ0v) is 10.5. The molecule has 19 heavy (non-hydrogen) atoms. The predicted octanol–water partition coefficient (Wildman–Crippen LogP) is 2.91. The Hall–Kier alpha value is -2.55. The van der Waals surface area contributed by atoms with Gasteiger partial charge in [0.25, 0.3) is 5.56 Å². The van der Waals surface area contributed by atoms with Crippen LogP contribution < -0.4 is 5.56 Å². The van der Waals surface area contributed by atoms with E-state index in [0.717, 1.165) is 5.39 Å². The molecule has 3 heteroatoms. The van der Waals surface area contributed by atoms with Gasteiger partial charge >= 0.3 is 0 Å². The normalized spacial score (nSPS) is 10.8. The van der Waals surface area contributed by atoms with Crippen molar-refractivity contribution in [2.45, 2.75) is 0 Å². The summed E-state index contributed by atoms with van der Waals surface area (Å²) in [5.41, 5.74) is 1.31. The number of benzene rings is 2. The lowest BCUT2D eigenvalue weighted by atomic mass is 10.1. The van der Waals surface area contributed by atoms with Gasteiger partial charge in [0.1, 0.15) is 5.75 Å². The van der Waals surface area contributed by atoms with Gasteiger partial charge in [0.15, 0.2) is 0 Å². The van der Waals surface area contributed by atoms with E-state index in [9.17, 15) is 9.90 Å². The smallest absolute Gasteiger partial charge is 0.258 e. The van der Waals surface area contributed by atoms with Crippen LogP contribution in [-0.2, 0) is 7.05 Å². The number of hydrogen-bond acceptors (Lipinski definition) is 2. The van der Waals surface area contributed by atoms with Gasteiger partial charge in [-0.2, -0.15) is 0 Å². The summed E-state index contributed by atoms with van der Waals surface area (Å²) in [5.74, 6) is 0.174. The van der Waals surface area contributed by atoms with E-state index in [4.69, 9.17) is 0 Å². The minimum atomic E-state index is -0.0589. The molecule has 0 atom stereocenters. The molecule has 0 radical (unpaired) electrons. The van der Waals surface area contributed by atoms with Crippen LogP contribution in [-0.4, -0.2) is 9.67 Å². The number of hydrogen-bond donors (Lipinski definition) is 1. The first-order valence-corrected chi connectivity index (χ1v) is 6.05. The molecule has 0 fully saturated rings. The molecule has 0 bridgehead atoms. The van der Waals surface area contributed by atoms with Crippen LogP contribution in [0.1, 0.15) is 0 Å². The Balaban J connectivity index is 2.40. The number of fused-ring (bicyclic) bond motifs is 1. The quantitative estimate of drug-likeness (QED) is 0.722. The zero-order chi connectivity index (χ0) is 13.4. The van der Waals surface area contributed by atoms with E-state index in [2.05, 4.69) is 0 Å². The third kappa shape index (κ3) is 1.80. The molecule has 94 valence electrons. The van der Waals surface area contributed by atoms with Crippen molar-refractivity contribution >= 4 is 10.8 Å². The number of nitrogens with zero attached hydrogens (tertiary/aromatic N) is 1. The highest BCUT2D eigenvalue weighted by Crippen LogP contribution is 2.29. The van der Waals surface area contributed by atoms with Gasteiger partial charge in [0.05, 0.1) is 5.69 Å². The number of aromatic nitrogens is 1. The first-order valence-electron chi connectivity index (χ1n) is 6.05. The van der Waals surface area contributed by atoms with Crippen molar-refractivity contribution in [2.24, 2.45) is 7.05 Å². The van der Waals surface area contributed by atoms with Crippen LogP contribution in [0.5, 0.6) is 5.75 Å². The summed E-state index contributed by atoms with van der Waals surface area (Å²) >= 11 is 0. The summed E-state index contributed by atoms with van der Waals surface area (Å²) < 4.78 is 1.57. The van der Waals surface area contributed by atoms with Crippen LogP contribution in [0, 0.1) is 0 Å². The molecule has 3 rings (SSSR count). The van der Waals surface area contributed by atoms with Crippen LogP contribution in [0.25, 0.3) is 22.0 Å². The first kappa shape index (κ1) is 11.5. The van der Waals surface area contributed by atoms with E-state index in [0.29, 0.717) is 16.6 Å². The first-order chi connectivity index (χ1) is 9.18. The summed E-state index contributed by atoms with van der Waals surface area (Å²) in [6.07, 6.45) is 0. The minimum Gasteiger partial charge on any atom is -0.507 e. The molecule has 2 aromatic carbocycles. The average molecular weight is 251 g/mol.